The lowest BCUT2D eigenvalue weighted by atomic mass is 10.2. The highest BCUT2D eigenvalue weighted by Gasteiger charge is 2.13. The number of hydrogen-bond donors (Lipinski definition) is 2. The smallest absolute Gasteiger partial charge is 0.321 e. The second-order valence-corrected chi connectivity index (χ2v) is 4.20. The van der Waals surface area contributed by atoms with Crippen LogP contribution in [-0.2, 0) is 0 Å². The summed E-state index contributed by atoms with van der Waals surface area (Å²) >= 11 is 0. The monoisotopic (exact) mass is 274 g/mol. The van der Waals surface area contributed by atoms with E-state index in [1.807, 2.05) is 43.5 Å². The molecule has 0 saturated heterocycles. The third-order valence-corrected chi connectivity index (χ3v) is 2.94. The molecule has 20 heavy (non-hydrogen) atoms. The minimum absolute atomic E-state index is 0.0535. The summed E-state index contributed by atoms with van der Waals surface area (Å²) in [6.45, 7) is 2.67. The maximum absolute atomic E-state index is 12.1. The molecule has 0 aliphatic rings. The number of amides is 2. The molecule has 1 aromatic heterocycles. The van der Waals surface area contributed by atoms with Gasteiger partial charge in [-0.25, -0.2) is 9.48 Å². The van der Waals surface area contributed by atoms with Gasteiger partial charge in [0.2, 0.25) is 0 Å². The van der Waals surface area contributed by atoms with E-state index in [0.717, 1.165) is 5.69 Å². The summed E-state index contributed by atoms with van der Waals surface area (Å²) in [7, 11) is 0. The molecule has 6 nitrogen and oxygen atoms in total. The Bertz CT molecular complexity index is 554. The Morgan fingerprint density at radius 1 is 1.40 bits per heavy atom. The maximum Gasteiger partial charge on any atom is 0.321 e. The number of likely N-dealkylation sites (N-methyl/N-ethyl adjacent to an activating group) is 1. The van der Waals surface area contributed by atoms with Crippen molar-refractivity contribution in [1.82, 2.24) is 14.7 Å². The average Bonchev–Trinajstić information content (AvgIpc) is 2.99. The third kappa shape index (κ3) is 3.16. The summed E-state index contributed by atoms with van der Waals surface area (Å²) in [4.78, 5) is 13.7. The summed E-state index contributed by atoms with van der Waals surface area (Å²) in [6.07, 6.45) is 3.50. The predicted octanol–water partition coefficient (Wildman–Crippen LogP) is 1.72. The van der Waals surface area contributed by atoms with Crippen molar-refractivity contribution >= 4 is 11.7 Å². The van der Waals surface area contributed by atoms with Gasteiger partial charge >= 0.3 is 6.03 Å². The van der Waals surface area contributed by atoms with Crippen LogP contribution in [0.15, 0.2) is 42.7 Å². The Kier molecular flexibility index (Phi) is 4.73. The molecule has 1 heterocycles. The van der Waals surface area contributed by atoms with E-state index in [4.69, 9.17) is 5.11 Å². The number of carbonyl (C=O) groups is 1. The van der Waals surface area contributed by atoms with Crippen LogP contribution in [0, 0.1) is 0 Å². The average molecular weight is 274 g/mol. The number of aliphatic hydroxyl groups excluding tert-OH is 1. The number of nitrogens with one attached hydrogen (secondary N) is 1. The second kappa shape index (κ2) is 6.72. The number of hydrogen-bond acceptors (Lipinski definition) is 3. The topological polar surface area (TPSA) is 70.4 Å². The van der Waals surface area contributed by atoms with Gasteiger partial charge in [-0.2, -0.15) is 5.10 Å². The quantitative estimate of drug-likeness (QED) is 0.872. The molecule has 2 amide bonds. The van der Waals surface area contributed by atoms with Crippen molar-refractivity contribution in [2.45, 2.75) is 6.92 Å². The molecule has 0 bridgehead atoms. The fraction of sp³-hybridized carbons (Fsp3) is 0.286. The van der Waals surface area contributed by atoms with Gasteiger partial charge in [0.15, 0.2) is 0 Å². The Balaban J connectivity index is 2.19. The van der Waals surface area contributed by atoms with E-state index in [1.165, 1.54) is 0 Å². The normalized spacial score (nSPS) is 10.3. The maximum atomic E-state index is 12.1. The molecule has 0 atom stereocenters. The van der Waals surface area contributed by atoms with Crippen molar-refractivity contribution in [1.29, 1.82) is 0 Å². The fourth-order valence-corrected chi connectivity index (χ4v) is 1.91. The highest BCUT2D eigenvalue weighted by molar-refractivity contribution is 5.91. The SMILES string of the molecule is CCN(CCO)C(=O)Nc1ccccc1-n1cccn1. The number of benzene rings is 1. The molecular weight excluding hydrogens is 256 g/mol. The number of para-hydroxylation sites is 2. The molecule has 2 rings (SSSR count). The van der Waals surface area contributed by atoms with Gasteiger partial charge in [0, 0.05) is 25.5 Å². The van der Waals surface area contributed by atoms with Crippen molar-refractivity contribution in [3.63, 3.8) is 0 Å². The van der Waals surface area contributed by atoms with Gasteiger partial charge in [-0.05, 0) is 25.1 Å². The highest BCUT2D eigenvalue weighted by Crippen LogP contribution is 2.19. The number of aliphatic hydroxyl groups is 1. The fourth-order valence-electron chi connectivity index (χ4n) is 1.91. The number of rotatable bonds is 5. The first-order valence-corrected chi connectivity index (χ1v) is 6.52. The lowest BCUT2D eigenvalue weighted by Crippen LogP contribution is -2.37. The Hall–Kier alpha value is -2.34. The first-order valence-electron chi connectivity index (χ1n) is 6.52. The zero-order chi connectivity index (χ0) is 14.4. The largest absolute Gasteiger partial charge is 0.395 e. The zero-order valence-electron chi connectivity index (χ0n) is 11.4. The minimum atomic E-state index is -0.235. The van der Waals surface area contributed by atoms with E-state index >= 15 is 0 Å². The molecule has 0 radical (unpaired) electrons. The first kappa shape index (κ1) is 14.1. The van der Waals surface area contributed by atoms with Crippen LogP contribution < -0.4 is 5.32 Å². The van der Waals surface area contributed by atoms with E-state index in [-0.39, 0.29) is 12.6 Å². The van der Waals surface area contributed by atoms with Crippen LogP contribution >= 0.6 is 0 Å². The lowest BCUT2D eigenvalue weighted by Gasteiger charge is -2.21. The Morgan fingerprint density at radius 3 is 2.85 bits per heavy atom. The van der Waals surface area contributed by atoms with Crippen molar-refractivity contribution in [2.24, 2.45) is 0 Å². The van der Waals surface area contributed by atoms with Crippen LogP contribution in [0.5, 0.6) is 0 Å². The molecular formula is C14H18N4O2. The molecule has 0 aliphatic carbocycles. The standard InChI is InChI=1S/C14H18N4O2/c1-2-17(10-11-19)14(20)16-12-6-3-4-7-13(12)18-9-5-8-15-18/h3-9,19H,2,10-11H2,1H3,(H,16,20). The van der Waals surface area contributed by atoms with Crippen molar-refractivity contribution in [2.75, 3.05) is 25.0 Å². The first-order chi connectivity index (χ1) is 9.76. The minimum Gasteiger partial charge on any atom is -0.395 e. The van der Waals surface area contributed by atoms with Crippen LogP contribution in [-0.4, -0.2) is 45.5 Å². The van der Waals surface area contributed by atoms with Crippen LogP contribution in [0.2, 0.25) is 0 Å². The van der Waals surface area contributed by atoms with Gasteiger partial charge in [0.05, 0.1) is 18.0 Å². The molecule has 0 saturated carbocycles. The third-order valence-electron chi connectivity index (χ3n) is 2.94. The predicted molar refractivity (Wildman–Crippen MR) is 76.9 cm³/mol. The van der Waals surface area contributed by atoms with Crippen LogP contribution in [0.4, 0.5) is 10.5 Å². The summed E-state index contributed by atoms with van der Waals surface area (Å²) in [5.74, 6) is 0. The van der Waals surface area contributed by atoms with Gasteiger partial charge in [-0.3, -0.25) is 0 Å². The van der Waals surface area contributed by atoms with Gasteiger partial charge in [0.25, 0.3) is 0 Å². The number of carbonyl (C=O) groups excluding carboxylic acids is 1. The number of urea groups is 1. The van der Waals surface area contributed by atoms with Crippen molar-refractivity contribution in [3.05, 3.63) is 42.7 Å². The van der Waals surface area contributed by atoms with Crippen LogP contribution in [0.25, 0.3) is 5.69 Å². The zero-order valence-corrected chi connectivity index (χ0v) is 11.4. The van der Waals surface area contributed by atoms with Crippen molar-refractivity contribution in [3.8, 4) is 5.69 Å². The summed E-state index contributed by atoms with van der Waals surface area (Å²) < 4.78 is 1.69. The van der Waals surface area contributed by atoms with E-state index < -0.39 is 0 Å². The second-order valence-electron chi connectivity index (χ2n) is 4.20. The molecule has 6 heteroatoms. The van der Waals surface area contributed by atoms with Crippen LogP contribution in [0.1, 0.15) is 6.92 Å². The van der Waals surface area contributed by atoms with Gasteiger partial charge < -0.3 is 15.3 Å². The number of aromatic nitrogens is 2. The molecule has 1 aromatic carbocycles. The molecule has 0 aliphatic heterocycles. The Morgan fingerprint density at radius 2 is 2.20 bits per heavy atom. The summed E-state index contributed by atoms with van der Waals surface area (Å²) in [6, 6.07) is 9.03. The van der Waals surface area contributed by atoms with E-state index in [1.54, 1.807) is 15.8 Å². The van der Waals surface area contributed by atoms with Crippen LogP contribution in [0.3, 0.4) is 0 Å². The molecule has 106 valence electrons. The van der Waals surface area contributed by atoms with Crippen molar-refractivity contribution < 1.29 is 9.90 Å². The number of anilines is 1. The summed E-state index contributed by atoms with van der Waals surface area (Å²) in [5.41, 5.74) is 1.48. The Labute approximate surface area is 117 Å². The molecule has 2 N–H and O–H groups in total. The molecule has 0 unspecified atom stereocenters. The summed E-state index contributed by atoms with van der Waals surface area (Å²) in [5, 5.41) is 16.0. The molecule has 0 fully saturated rings. The van der Waals surface area contributed by atoms with Gasteiger partial charge in [0.1, 0.15) is 0 Å². The lowest BCUT2D eigenvalue weighted by molar-refractivity contribution is 0.192. The van der Waals surface area contributed by atoms with E-state index in [2.05, 4.69) is 10.4 Å². The van der Waals surface area contributed by atoms with E-state index in [9.17, 15) is 4.79 Å². The van der Waals surface area contributed by atoms with Gasteiger partial charge in [-0.1, -0.05) is 12.1 Å². The van der Waals surface area contributed by atoms with E-state index in [0.29, 0.717) is 18.8 Å². The molecule has 0 spiro atoms. The number of nitrogens with zero attached hydrogens (tertiary/aromatic N) is 3. The van der Waals surface area contributed by atoms with Gasteiger partial charge in [-0.15, -0.1) is 0 Å². The highest BCUT2D eigenvalue weighted by atomic mass is 16.3. The molecule has 2 aromatic rings.